The first-order valence-electron chi connectivity index (χ1n) is 21.4. The van der Waals surface area contributed by atoms with Crippen molar-refractivity contribution in [2.45, 2.75) is 92.7 Å². The molecule has 10 heteroatoms. The molecule has 2 saturated heterocycles. The van der Waals surface area contributed by atoms with Crippen LogP contribution in [0.5, 0.6) is 0 Å². The Bertz CT molecular complexity index is 2230. The van der Waals surface area contributed by atoms with Crippen LogP contribution in [-0.4, -0.2) is 75.0 Å². The number of carbonyl (C=O) groups is 3. The molecule has 10 rings (SSSR count). The van der Waals surface area contributed by atoms with Gasteiger partial charge in [-0.05, 0) is 96.0 Å². The van der Waals surface area contributed by atoms with E-state index in [-0.39, 0.29) is 34.4 Å². The Balaban J connectivity index is 0.000000154. The molecule has 4 aromatic carbocycles. The molecule has 2 spiro atoms. The summed E-state index contributed by atoms with van der Waals surface area (Å²) in [5, 5.41) is 11.1. The molecule has 0 bridgehead atoms. The van der Waals surface area contributed by atoms with E-state index >= 15 is 0 Å². The minimum atomic E-state index is -0.616. The van der Waals surface area contributed by atoms with Gasteiger partial charge in [-0.2, -0.15) is 0 Å². The van der Waals surface area contributed by atoms with Crippen LogP contribution in [0.2, 0.25) is 0 Å². The Labute approximate surface area is 351 Å². The third-order valence-electron chi connectivity index (χ3n) is 14.5. The highest BCUT2D eigenvalue weighted by Crippen LogP contribution is 2.59. The van der Waals surface area contributed by atoms with E-state index < -0.39 is 23.6 Å². The van der Waals surface area contributed by atoms with Gasteiger partial charge in [0.1, 0.15) is 0 Å². The molecule has 4 fully saturated rings. The maximum absolute atomic E-state index is 13.2. The van der Waals surface area contributed by atoms with Crippen molar-refractivity contribution in [2.24, 2.45) is 11.8 Å². The van der Waals surface area contributed by atoms with Crippen LogP contribution < -0.4 is 0 Å². The molecule has 10 nitrogen and oxygen atoms in total. The zero-order chi connectivity index (χ0) is 41.5. The molecule has 2 saturated carbocycles. The number of carbonyl (C=O) groups excluding carboxylic acids is 3. The fourth-order valence-corrected chi connectivity index (χ4v) is 11.7. The van der Waals surface area contributed by atoms with Gasteiger partial charge in [-0.15, -0.1) is 0 Å². The average molecular weight is 815 g/mol. The number of ketones is 1. The predicted octanol–water partition coefficient (Wildman–Crippen LogP) is 8.02. The standard InChI is InChI=1S/C25H28O5.C25H26O5/c2*1-28-23(27)18-7-8-21-20(13-18)22(26)14-19-16-25(29-11-12-30-25)10-9-24(19,21)15-17-5-3-2-4-6-17/h2-8,13,19,22,26H,9-12,14-16H2,1H3;2-8,13,19H,9-12,14-16H2,1H3/t19-,22?,24-;19-,24-/m00/s1. The Morgan fingerprint density at radius 3 is 1.65 bits per heavy atom. The molecule has 0 radical (unpaired) electrons. The van der Waals surface area contributed by atoms with E-state index in [9.17, 15) is 19.5 Å². The highest BCUT2D eigenvalue weighted by atomic mass is 16.7. The van der Waals surface area contributed by atoms with Gasteiger partial charge in [0.15, 0.2) is 17.4 Å². The van der Waals surface area contributed by atoms with Gasteiger partial charge in [-0.3, -0.25) is 4.79 Å². The van der Waals surface area contributed by atoms with E-state index in [1.165, 1.54) is 25.3 Å². The van der Waals surface area contributed by atoms with Crippen molar-refractivity contribution < 1.29 is 47.9 Å². The second-order valence-corrected chi connectivity index (χ2v) is 17.6. The van der Waals surface area contributed by atoms with Crippen molar-refractivity contribution >= 4 is 17.7 Å². The predicted molar refractivity (Wildman–Crippen MR) is 222 cm³/mol. The van der Waals surface area contributed by atoms with Crippen LogP contribution in [-0.2, 0) is 52.1 Å². The Hall–Kier alpha value is -4.71. The fourth-order valence-electron chi connectivity index (χ4n) is 11.7. The molecule has 1 unspecified atom stereocenters. The van der Waals surface area contributed by atoms with E-state index in [1.54, 1.807) is 12.1 Å². The zero-order valence-corrected chi connectivity index (χ0v) is 34.5. The maximum atomic E-state index is 13.2. The molecule has 4 aliphatic carbocycles. The smallest absolute Gasteiger partial charge is 0.337 e. The van der Waals surface area contributed by atoms with Gasteiger partial charge in [0.2, 0.25) is 0 Å². The van der Waals surface area contributed by atoms with Crippen LogP contribution in [0.15, 0.2) is 97.1 Å². The van der Waals surface area contributed by atoms with Crippen LogP contribution in [0, 0.1) is 11.8 Å². The number of methoxy groups -OCH3 is 2. The van der Waals surface area contributed by atoms with Crippen LogP contribution >= 0.6 is 0 Å². The molecule has 0 aromatic heterocycles. The molecule has 2 heterocycles. The lowest BCUT2D eigenvalue weighted by atomic mass is 9.53. The monoisotopic (exact) mass is 814 g/mol. The van der Waals surface area contributed by atoms with Crippen LogP contribution in [0.1, 0.15) is 116 Å². The van der Waals surface area contributed by atoms with E-state index in [1.807, 2.05) is 36.4 Å². The number of esters is 2. The molecule has 1 N–H and O–H groups in total. The third kappa shape index (κ3) is 7.30. The van der Waals surface area contributed by atoms with Crippen molar-refractivity contribution in [1.29, 1.82) is 0 Å². The van der Waals surface area contributed by atoms with Gasteiger partial charge in [0.05, 0.1) is 57.9 Å². The average Bonchev–Trinajstić information content (AvgIpc) is 3.95. The number of aliphatic hydroxyl groups excluding tert-OH is 1. The topological polar surface area (TPSA) is 127 Å². The number of ether oxygens (including phenoxy) is 6. The molecule has 0 amide bonds. The Morgan fingerprint density at radius 2 is 1.12 bits per heavy atom. The lowest BCUT2D eigenvalue weighted by Crippen LogP contribution is -2.52. The SMILES string of the molecule is COC(=O)c1ccc2c(c1)C(=O)C[C@H]1CC3(CC[C@@]21Cc1ccccc1)OCCO3.COC(=O)c1ccc2c(c1)C(O)C[C@H]1CC3(CC[C@@]21Cc1ccccc1)OCCO3. The molecule has 5 atom stereocenters. The summed E-state index contributed by atoms with van der Waals surface area (Å²) in [7, 11) is 2.74. The maximum Gasteiger partial charge on any atom is 0.337 e. The normalized spacial score (nSPS) is 28.1. The van der Waals surface area contributed by atoms with Crippen LogP contribution in [0.3, 0.4) is 0 Å². The van der Waals surface area contributed by atoms with E-state index in [0.29, 0.717) is 56.0 Å². The largest absolute Gasteiger partial charge is 0.465 e. The second kappa shape index (κ2) is 16.3. The number of hydrogen-bond acceptors (Lipinski definition) is 10. The first kappa shape index (κ1) is 40.7. The van der Waals surface area contributed by atoms with Crippen LogP contribution in [0.25, 0.3) is 0 Å². The number of benzene rings is 4. The van der Waals surface area contributed by atoms with Crippen molar-refractivity contribution in [1.82, 2.24) is 0 Å². The van der Waals surface area contributed by atoms with E-state index in [4.69, 9.17) is 28.4 Å². The third-order valence-corrected chi connectivity index (χ3v) is 14.5. The summed E-state index contributed by atoms with van der Waals surface area (Å²) in [6.07, 6.45) is 7.17. The van der Waals surface area contributed by atoms with E-state index in [0.717, 1.165) is 68.1 Å². The number of hydrogen-bond donors (Lipinski definition) is 1. The molecule has 4 aromatic rings. The molecular weight excluding hydrogens is 761 g/mol. The van der Waals surface area contributed by atoms with Crippen molar-refractivity contribution in [3.63, 3.8) is 0 Å². The summed E-state index contributed by atoms with van der Waals surface area (Å²) in [6.45, 7) is 2.51. The number of rotatable bonds is 6. The zero-order valence-electron chi connectivity index (χ0n) is 34.5. The van der Waals surface area contributed by atoms with Crippen molar-refractivity contribution in [3.05, 3.63) is 142 Å². The Morgan fingerprint density at radius 1 is 0.633 bits per heavy atom. The summed E-state index contributed by atoms with van der Waals surface area (Å²) in [6, 6.07) is 32.2. The summed E-state index contributed by atoms with van der Waals surface area (Å²) >= 11 is 0. The number of Topliss-reactive ketones (excluding diaryl/α,β-unsaturated/α-hetero) is 1. The lowest BCUT2D eigenvalue weighted by molar-refractivity contribution is -0.203. The molecular formula is C50H54O10. The molecule has 60 heavy (non-hydrogen) atoms. The summed E-state index contributed by atoms with van der Waals surface area (Å²) < 4.78 is 33.9. The molecule has 314 valence electrons. The quantitative estimate of drug-likeness (QED) is 0.191. The molecule has 6 aliphatic rings. The number of aliphatic hydroxyl groups is 1. The van der Waals surface area contributed by atoms with Crippen molar-refractivity contribution in [2.75, 3.05) is 40.6 Å². The van der Waals surface area contributed by atoms with Crippen molar-refractivity contribution in [3.8, 4) is 0 Å². The van der Waals surface area contributed by atoms with Gasteiger partial charge in [-0.25, -0.2) is 9.59 Å². The van der Waals surface area contributed by atoms with Gasteiger partial charge in [-0.1, -0.05) is 72.8 Å². The second-order valence-electron chi connectivity index (χ2n) is 17.6. The summed E-state index contributed by atoms with van der Waals surface area (Å²) in [5.41, 5.74) is 6.86. The minimum Gasteiger partial charge on any atom is -0.465 e. The van der Waals surface area contributed by atoms with Crippen LogP contribution in [0.4, 0.5) is 0 Å². The molecule has 2 aliphatic heterocycles. The highest BCUT2D eigenvalue weighted by molar-refractivity contribution is 6.02. The first-order chi connectivity index (χ1) is 29.1. The lowest BCUT2D eigenvalue weighted by Gasteiger charge is -2.54. The summed E-state index contributed by atoms with van der Waals surface area (Å²) in [4.78, 5) is 37.3. The van der Waals surface area contributed by atoms with Gasteiger partial charge in [0, 0.05) is 48.5 Å². The van der Waals surface area contributed by atoms with Gasteiger partial charge < -0.3 is 33.5 Å². The highest BCUT2D eigenvalue weighted by Gasteiger charge is 2.57. The fraction of sp³-hybridized carbons (Fsp3) is 0.460. The number of fused-ring (bicyclic) bond motifs is 6. The van der Waals surface area contributed by atoms with E-state index in [2.05, 4.69) is 48.5 Å². The van der Waals surface area contributed by atoms with Gasteiger partial charge >= 0.3 is 11.9 Å². The first-order valence-corrected chi connectivity index (χ1v) is 21.4. The minimum absolute atomic E-state index is 0.0829. The Kier molecular flexibility index (Phi) is 11.0. The summed E-state index contributed by atoms with van der Waals surface area (Å²) in [5.74, 6) is -1.40. The van der Waals surface area contributed by atoms with Gasteiger partial charge in [0.25, 0.3) is 0 Å².